The minimum atomic E-state index is -0.875. The van der Waals surface area contributed by atoms with E-state index in [1.165, 1.54) is 0 Å². The summed E-state index contributed by atoms with van der Waals surface area (Å²) < 4.78 is 64.6. The van der Waals surface area contributed by atoms with Gasteiger partial charge in [-0.25, -0.2) is 0 Å². The molecule has 0 heterocycles. The highest BCUT2D eigenvalue weighted by Gasteiger charge is 1.99. The molecule has 286 valence electrons. The summed E-state index contributed by atoms with van der Waals surface area (Å²) in [6, 6.07) is 0. The van der Waals surface area contributed by atoms with E-state index in [-0.39, 0.29) is 26.1 Å². The van der Waals surface area contributed by atoms with Crippen molar-refractivity contribution in [2.45, 2.75) is 12.8 Å². The topological polar surface area (TPSA) is 185 Å². The van der Waals surface area contributed by atoms with E-state index in [4.69, 9.17) is 67.1 Å². The Balaban J connectivity index is 3.05. The first kappa shape index (κ1) is 47.2. The van der Waals surface area contributed by atoms with Gasteiger partial charge >= 0.3 is 11.9 Å². The molecular weight excluding hydrogens is 680 g/mol. The van der Waals surface area contributed by atoms with Crippen LogP contribution in [0.15, 0.2) is 0 Å². The van der Waals surface area contributed by atoms with Crippen LogP contribution < -0.4 is 0 Å². The van der Waals surface area contributed by atoms with Crippen LogP contribution in [0, 0.1) is 0 Å². The van der Waals surface area contributed by atoms with Crippen molar-refractivity contribution in [3.8, 4) is 0 Å². The van der Waals surface area contributed by atoms with Gasteiger partial charge in [-0.15, -0.1) is 0 Å². The molecule has 0 bridgehead atoms. The van der Waals surface area contributed by atoms with Crippen molar-refractivity contribution >= 4 is 33.5 Å². The maximum Gasteiger partial charge on any atom is 0.305 e. The first-order chi connectivity index (χ1) is 23.6. The Kier molecular flexibility index (Phi) is 41.6. The van der Waals surface area contributed by atoms with Crippen LogP contribution in [0.5, 0.6) is 0 Å². The fraction of sp³-hybridized carbons (Fsp3) is 0.933. The first-order valence-corrected chi connectivity index (χ1v) is 18.7. The zero-order valence-corrected chi connectivity index (χ0v) is 29.9. The highest BCUT2D eigenvalue weighted by molar-refractivity contribution is 8.76. The smallest absolute Gasteiger partial charge is 0.305 e. The number of aliphatic carboxylic acids is 2. The standard InChI is InChI=1S/C30H58O16S2/c31-29(32)1-3-35-5-7-37-9-11-39-13-15-41-17-19-43-21-23-45-25-27-47-48-28-26-46-24-22-44-20-18-42-16-14-40-12-10-38-8-6-36-4-2-30(33)34/h1-28H2,(H,31,32)(H,33,34). The van der Waals surface area contributed by atoms with Crippen LogP contribution in [0.2, 0.25) is 0 Å². The van der Waals surface area contributed by atoms with E-state index in [0.717, 1.165) is 11.5 Å². The summed E-state index contributed by atoms with van der Waals surface area (Å²) in [5.74, 6) is 0.0444. The molecule has 0 spiro atoms. The Labute approximate surface area is 292 Å². The zero-order valence-electron chi connectivity index (χ0n) is 28.2. The molecule has 0 aliphatic rings. The summed E-state index contributed by atoms with van der Waals surface area (Å²) in [5.41, 5.74) is 0. The van der Waals surface area contributed by atoms with Crippen molar-refractivity contribution < 1.29 is 76.6 Å². The van der Waals surface area contributed by atoms with Gasteiger partial charge in [0.15, 0.2) is 0 Å². The lowest BCUT2D eigenvalue weighted by Crippen LogP contribution is -2.14. The molecule has 0 aromatic rings. The maximum atomic E-state index is 10.3. The highest BCUT2D eigenvalue weighted by atomic mass is 33.1. The van der Waals surface area contributed by atoms with Gasteiger partial charge < -0.3 is 67.1 Å². The number of carboxylic acids is 2. The highest BCUT2D eigenvalue weighted by Crippen LogP contribution is 2.20. The second-order valence-electron chi connectivity index (χ2n) is 9.28. The van der Waals surface area contributed by atoms with Gasteiger partial charge in [0.1, 0.15) is 0 Å². The molecule has 16 nitrogen and oxygen atoms in total. The van der Waals surface area contributed by atoms with Gasteiger partial charge in [-0.05, 0) is 0 Å². The average Bonchev–Trinajstić information content (AvgIpc) is 3.06. The molecule has 48 heavy (non-hydrogen) atoms. The minimum absolute atomic E-state index is 0.00317. The molecule has 0 aliphatic carbocycles. The van der Waals surface area contributed by atoms with Gasteiger partial charge in [0.2, 0.25) is 0 Å². The normalized spacial score (nSPS) is 11.4. The van der Waals surface area contributed by atoms with E-state index >= 15 is 0 Å². The number of hydrogen-bond donors (Lipinski definition) is 2. The number of hydrogen-bond acceptors (Lipinski definition) is 16. The van der Waals surface area contributed by atoms with Crippen LogP contribution in [-0.4, -0.2) is 192 Å². The van der Waals surface area contributed by atoms with Crippen LogP contribution in [0.1, 0.15) is 12.8 Å². The molecular formula is C30H58O16S2. The maximum absolute atomic E-state index is 10.3. The van der Waals surface area contributed by atoms with Gasteiger partial charge in [0.05, 0.1) is 171 Å². The number of ether oxygens (including phenoxy) is 12. The lowest BCUT2D eigenvalue weighted by Gasteiger charge is -2.08. The molecule has 0 aromatic heterocycles. The lowest BCUT2D eigenvalue weighted by atomic mass is 10.5. The third-order valence-corrected chi connectivity index (χ3v) is 7.68. The largest absolute Gasteiger partial charge is 0.481 e. The Morgan fingerprint density at radius 3 is 0.646 bits per heavy atom. The monoisotopic (exact) mass is 738 g/mol. The van der Waals surface area contributed by atoms with Crippen molar-refractivity contribution in [2.75, 3.05) is 170 Å². The van der Waals surface area contributed by atoms with Crippen LogP contribution >= 0.6 is 21.6 Å². The quantitative estimate of drug-likeness (QED) is 0.0677. The molecule has 0 saturated carbocycles. The number of carboxylic acid groups (broad SMARTS) is 2. The fourth-order valence-electron chi connectivity index (χ4n) is 3.03. The summed E-state index contributed by atoms with van der Waals surface area (Å²) in [7, 11) is 3.51. The molecule has 0 amide bonds. The van der Waals surface area contributed by atoms with Crippen molar-refractivity contribution in [2.24, 2.45) is 0 Å². The Hall–Kier alpha value is -0.840. The van der Waals surface area contributed by atoms with Gasteiger partial charge in [0, 0.05) is 11.5 Å². The molecule has 0 atom stereocenters. The van der Waals surface area contributed by atoms with Crippen LogP contribution in [0.3, 0.4) is 0 Å². The van der Waals surface area contributed by atoms with Crippen molar-refractivity contribution in [3.63, 3.8) is 0 Å². The first-order valence-electron chi connectivity index (χ1n) is 16.2. The number of carbonyl (C=O) groups is 2. The molecule has 0 radical (unpaired) electrons. The Morgan fingerprint density at radius 2 is 0.458 bits per heavy atom. The lowest BCUT2D eigenvalue weighted by molar-refractivity contribution is -0.139. The second kappa shape index (κ2) is 42.3. The van der Waals surface area contributed by atoms with E-state index in [2.05, 4.69) is 0 Å². The van der Waals surface area contributed by atoms with Crippen LogP contribution in [0.25, 0.3) is 0 Å². The van der Waals surface area contributed by atoms with Crippen molar-refractivity contribution in [3.05, 3.63) is 0 Å². The third-order valence-electron chi connectivity index (χ3n) is 5.35. The Bertz CT molecular complexity index is 614. The van der Waals surface area contributed by atoms with Gasteiger partial charge in [-0.3, -0.25) is 9.59 Å². The van der Waals surface area contributed by atoms with Crippen molar-refractivity contribution in [1.29, 1.82) is 0 Å². The van der Waals surface area contributed by atoms with E-state index < -0.39 is 11.9 Å². The molecule has 2 N–H and O–H groups in total. The van der Waals surface area contributed by atoms with E-state index in [9.17, 15) is 9.59 Å². The summed E-state index contributed by atoms with van der Waals surface area (Å²) in [5, 5.41) is 17.0. The van der Waals surface area contributed by atoms with E-state index in [0.29, 0.717) is 145 Å². The molecule has 0 aromatic carbocycles. The molecule has 0 saturated heterocycles. The van der Waals surface area contributed by atoms with E-state index in [1.54, 1.807) is 21.6 Å². The fourth-order valence-corrected chi connectivity index (χ4v) is 4.75. The predicted octanol–water partition coefficient (Wildman–Crippen LogP) is 1.52. The average molecular weight is 739 g/mol. The molecule has 0 unspecified atom stereocenters. The van der Waals surface area contributed by atoms with Gasteiger partial charge in [0.25, 0.3) is 0 Å². The van der Waals surface area contributed by atoms with E-state index in [1.807, 2.05) is 0 Å². The number of rotatable bonds is 43. The predicted molar refractivity (Wildman–Crippen MR) is 179 cm³/mol. The minimum Gasteiger partial charge on any atom is -0.481 e. The second-order valence-corrected chi connectivity index (χ2v) is 12.0. The van der Waals surface area contributed by atoms with Gasteiger partial charge in [-0.2, -0.15) is 0 Å². The van der Waals surface area contributed by atoms with Crippen LogP contribution in [0.4, 0.5) is 0 Å². The molecule has 0 aliphatic heterocycles. The summed E-state index contributed by atoms with van der Waals surface area (Å²) in [6.07, 6.45) is -0.00634. The Morgan fingerprint density at radius 1 is 0.292 bits per heavy atom. The van der Waals surface area contributed by atoms with Crippen molar-refractivity contribution in [1.82, 2.24) is 0 Å². The zero-order chi connectivity index (χ0) is 34.9. The van der Waals surface area contributed by atoms with Crippen LogP contribution in [-0.2, 0) is 66.4 Å². The summed E-state index contributed by atoms with van der Waals surface area (Å²) >= 11 is 0. The molecule has 0 fully saturated rings. The summed E-state index contributed by atoms with van der Waals surface area (Å²) in [6.45, 7) is 11.2. The molecule has 18 heteroatoms. The SMILES string of the molecule is O=C(O)CCOCCOCCOCCOCCOCCOCCSSCCOCCOCCOCCOCCOCCOCCC(=O)O. The van der Waals surface area contributed by atoms with Gasteiger partial charge in [-0.1, -0.05) is 21.6 Å². The molecule has 0 rings (SSSR count). The third kappa shape index (κ3) is 45.2. The summed E-state index contributed by atoms with van der Waals surface area (Å²) in [4.78, 5) is 20.7.